The largest absolute Gasteiger partial charge is 0.379 e. The highest BCUT2D eigenvalue weighted by molar-refractivity contribution is 6.01. The zero-order valence-electron chi connectivity index (χ0n) is 18.4. The Morgan fingerprint density at radius 2 is 1.65 bits per heavy atom. The maximum atomic E-state index is 12.6. The predicted molar refractivity (Wildman–Crippen MR) is 120 cm³/mol. The van der Waals surface area contributed by atoms with E-state index in [9.17, 15) is 9.59 Å². The topological polar surface area (TPSA) is 53.1 Å². The molecular formula is C25H31N3O3. The highest BCUT2D eigenvalue weighted by Crippen LogP contribution is 2.26. The second-order valence-electron chi connectivity index (χ2n) is 8.78. The van der Waals surface area contributed by atoms with E-state index in [-0.39, 0.29) is 24.4 Å². The minimum atomic E-state index is -0.182. The number of amides is 3. The number of morpholine rings is 1. The molecule has 0 aromatic heterocycles. The second-order valence-corrected chi connectivity index (χ2v) is 8.78. The van der Waals surface area contributed by atoms with Crippen LogP contribution in [-0.2, 0) is 22.6 Å². The van der Waals surface area contributed by atoms with Gasteiger partial charge in [0.2, 0.25) is 5.91 Å². The van der Waals surface area contributed by atoms with Gasteiger partial charge in [-0.1, -0.05) is 62.4 Å². The number of carbonyl (C=O) groups is 2. The molecule has 2 aromatic carbocycles. The van der Waals surface area contributed by atoms with Crippen LogP contribution >= 0.6 is 0 Å². The average molecular weight is 422 g/mol. The Kier molecular flexibility index (Phi) is 6.68. The van der Waals surface area contributed by atoms with Crippen LogP contribution in [0.5, 0.6) is 0 Å². The summed E-state index contributed by atoms with van der Waals surface area (Å²) < 4.78 is 5.47. The molecule has 2 fully saturated rings. The first-order valence-electron chi connectivity index (χ1n) is 11.1. The lowest BCUT2D eigenvalue weighted by atomic mass is 9.98. The van der Waals surface area contributed by atoms with Crippen LogP contribution < -0.4 is 0 Å². The summed E-state index contributed by atoms with van der Waals surface area (Å²) in [6, 6.07) is 16.7. The molecule has 2 aromatic rings. The molecule has 0 bridgehead atoms. The molecule has 6 nitrogen and oxygen atoms in total. The van der Waals surface area contributed by atoms with E-state index in [0.717, 1.165) is 44.0 Å². The summed E-state index contributed by atoms with van der Waals surface area (Å²) in [5.74, 6) is 0.164. The zero-order chi connectivity index (χ0) is 21.8. The van der Waals surface area contributed by atoms with Crippen LogP contribution in [0.3, 0.4) is 0 Å². The van der Waals surface area contributed by atoms with Crippen molar-refractivity contribution in [3.05, 3.63) is 59.7 Å². The molecule has 3 amide bonds. The van der Waals surface area contributed by atoms with E-state index in [0.29, 0.717) is 13.1 Å². The van der Waals surface area contributed by atoms with Gasteiger partial charge in [0.05, 0.1) is 13.2 Å². The molecule has 164 valence electrons. The van der Waals surface area contributed by atoms with Crippen molar-refractivity contribution in [1.82, 2.24) is 14.7 Å². The normalized spacial score (nSPS) is 17.8. The molecule has 4 rings (SSSR count). The minimum Gasteiger partial charge on any atom is -0.379 e. The van der Waals surface area contributed by atoms with E-state index >= 15 is 0 Å². The smallest absolute Gasteiger partial charge is 0.327 e. The molecule has 0 saturated carbocycles. The standard InChI is InChI=1S/C25H31N3O3/c1-19(2)15-28-24(29)18-27(25(28)30)16-20-7-9-21(10-8-20)23-6-4-3-5-22(23)17-26-11-13-31-14-12-26/h3-10,19H,11-18H2,1-2H3. The Hall–Kier alpha value is -2.70. The monoisotopic (exact) mass is 421 g/mol. The van der Waals surface area contributed by atoms with Crippen molar-refractivity contribution in [2.75, 3.05) is 39.4 Å². The fourth-order valence-electron chi connectivity index (χ4n) is 4.21. The lowest BCUT2D eigenvalue weighted by Crippen LogP contribution is -2.35. The van der Waals surface area contributed by atoms with E-state index in [1.54, 1.807) is 4.90 Å². The number of nitrogens with zero attached hydrogens (tertiary/aromatic N) is 3. The van der Waals surface area contributed by atoms with Crippen LogP contribution in [0, 0.1) is 5.92 Å². The van der Waals surface area contributed by atoms with Gasteiger partial charge in [0.1, 0.15) is 6.54 Å². The first-order valence-corrected chi connectivity index (χ1v) is 11.1. The molecule has 31 heavy (non-hydrogen) atoms. The van der Waals surface area contributed by atoms with Crippen LogP contribution in [0.1, 0.15) is 25.0 Å². The Labute approximate surface area is 184 Å². The summed E-state index contributed by atoms with van der Waals surface area (Å²) in [4.78, 5) is 30.2. The maximum Gasteiger partial charge on any atom is 0.327 e. The molecule has 0 atom stereocenters. The third-order valence-electron chi connectivity index (χ3n) is 5.83. The summed E-state index contributed by atoms with van der Waals surface area (Å²) in [6.07, 6.45) is 0. The molecular weight excluding hydrogens is 390 g/mol. The quantitative estimate of drug-likeness (QED) is 0.641. The van der Waals surface area contributed by atoms with Crippen LogP contribution in [0.15, 0.2) is 48.5 Å². The second kappa shape index (κ2) is 9.62. The summed E-state index contributed by atoms with van der Waals surface area (Å²) in [7, 11) is 0. The van der Waals surface area contributed by atoms with Gasteiger partial charge in [-0.05, 0) is 28.2 Å². The van der Waals surface area contributed by atoms with Crippen molar-refractivity contribution in [2.24, 2.45) is 5.92 Å². The number of urea groups is 1. The molecule has 0 N–H and O–H groups in total. The van der Waals surface area contributed by atoms with Crippen molar-refractivity contribution in [3.63, 3.8) is 0 Å². The van der Waals surface area contributed by atoms with Crippen LogP contribution in [-0.4, -0.2) is 66.0 Å². The number of ether oxygens (including phenoxy) is 1. The number of imide groups is 1. The molecule has 0 spiro atoms. The molecule has 2 saturated heterocycles. The van der Waals surface area contributed by atoms with E-state index < -0.39 is 0 Å². The molecule has 0 aliphatic carbocycles. The van der Waals surface area contributed by atoms with Gasteiger partial charge in [-0.15, -0.1) is 0 Å². The van der Waals surface area contributed by atoms with Crippen LogP contribution in [0.4, 0.5) is 4.79 Å². The summed E-state index contributed by atoms with van der Waals surface area (Å²) in [5, 5.41) is 0. The van der Waals surface area contributed by atoms with Gasteiger partial charge >= 0.3 is 6.03 Å². The van der Waals surface area contributed by atoms with Gasteiger partial charge in [0.15, 0.2) is 0 Å². The highest BCUT2D eigenvalue weighted by atomic mass is 16.5. The van der Waals surface area contributed by atoms with Crippen molar-refractivity contribution in [3.8, 4) is 11.1 Å². The van der Waals surface area contributed by atoms with Gasteiger partial charge in [0.25, 0.3) is 0 Å². The van der Waals surface area contributed by atoms with E-state index in [1.807, 2.05) is 13.8 Å². The van der Waals surface area contributed by atoms with Gasteiger partial charge in [0, 0.05) is 32.7 Å². The van der Waals surface area contributed by atoms with Gasteiger partial charge in [-0.3, -0.25) is 14.6 Å². The Morgan fingerprint density at radius 3 is 2.35 bits per heavy atom. The van der Waals surface area contributed by atoms with E-state index in [1.165, 1.54) is 16.0 Å². The fourth-order valence-corrected chi connectivity index (χ4v) is 4.21. The third-order valence-corrected chi connectivity index (χ3v) is 5.83. The average Bonchev–Trinajstić information content (AvgIpc) is 3.02. The van der Waals surface area contributed by atoms with E-state index in [2.05, 4.69) is 53.4 Å². The Morgan fingerprint density at radius 1 is 0.935 bits per heavy atom. The van der Waals surface area contributed by atoms with Crippen molar-refractivity contribution in [1.29, 1.82) is 0 Å². The number of rotatable bonds is 7. The summed E-state index contributed by atoms with van der Waals surface area (Å²) in [6.45, 7) is 9.55. The van der Waals surface area contributed by atoms with Gasteiger partial charge < -0.3 is 9.64 Å². The van der Waals surface area contributed by atoms with Gasteiger partial charge in [-0.25, -0.2) is 4.79 Å². The molecule has 0 unspecified atom stereocenters. The predicted octanol–water partition coefficient (Wildman–Crippen LogP) is 3.61. The van der Waals surface area contributed by atoms with E-state index in [4.69, 9.17) is 4.74 Å². The first-order chi connectivity index (χ1) is 15.0. The molecule has 0 radical (unpaired) electrons. The summed E-state index contributed by atoms with van der Waals surface area (Å²) >= 11 is 0. The number of benzene rings is 2. The Bertz CT molecular complexity index is 920. The highest BCUT2D eigenvalue weighted by Gasteiger charge is 2.35. The van der Waals surface area contributed by atoms with Crippen molar-refractivity contribution in [2.45, 2.75) is 26.9 Å². The molecule has 2 aliphatic heterocycles. The summed E-state index contributed by atoms with van der Waals surface area (Å²) in [5.41, 5.74) is 4.73. The number of carbonyl (C=O) groups excluding carboxylic acids is 2. The molecule has 2 heterocycles. The lowest BCUT2D eigenvalue weighted by molar-refractivity contribution is -0.125. The maximum absolute atomic E-state index is 12.6. The minimum absolute atomic E-state index is 0.104. The van der Waals surface area contributed by atoms with Crippen LogP contribution in [0.2, 0.25) is 0 Å². The lowest BCUT2D eigenvalue weighted by Gasteiger charge is -2.27. The molecule has 6 heteroatoms. The number of hydrogen-bond donors (Lipinski definition) is 0. The molecule has 2 aliphatic rings. The first kappa shape index (κ1) is 21.5. The Balaban J connectivity index is 1.44. The van der Waals surface area contributed by atoms with Crippen molar-refractivity contribution >= 4 is 11.9 Å². The van der Waals surface area contributed by atoms with Crippen LogP contribution in [0.25, 0.3) is 11.1 Å². The number of hydrogen-bond acceptors (Lipinski definition) is 4. The zero-order valence-corrected chi connectivity index (χ0v) is 18.4. The fraction of sp³-hybridized carbons (Fsp3) is 0.440. The van der Waals surface area contributed by atoms with Gasteiger partial charge in [-0.2, -0.15) is 0 Å². The third kappa shape index (κ3) is 5.14. The van der Waals surface area contributed by atoms with Crippen molar-refractivity contribution < 1.29 is 14.3 Å². The SMILES string of the molecule is CC(C)CN1C(=O)CN(Cc2ccc(-c3ccccc3CN3CCOCC3)cc2)C1=O.